The molecule has 1 aliphatic heterocycles. The molecule has 1 aromatic heterocycles. The van der Waals surface area contributed by atoms with Crippen LogP contribution in [0.3, 0.4) is 0 Å². The molecule has 1 fully saturated rings. The number of amides is 1. The van der Waals surface area contributed by atoms with Crippen molar-refractivity contribution in [2.45, 2.75) is 38.3 Å². The van der Waals surface area contributed by atoms with E-state index in [9.17, 15) is 4.79 Å². The molecule has 0 spiro atoms. The fourth-order valence-corrected chi connectivity index (χ4v) is 2.38. The normalized spacial score (nSPS) is 22.2. The summed E-state index contributed by atoms with van der Waals surface area (Å²) in [6, 6.07) is 3.67. The second-order valence-electron chi connectivity index (χ2n) is 4.62. The van der Waals surface area contributed by atoms with Crippen molar-refractivity contribution in [3.05, 3.63) is 30.1 Å². The molecule has 17 heavy (non-hydrogen) atoms. The van der Waals surface area contributed by atoms with E-state index in [1.54, 1.807) is 13.1 Å². The Labute approximate surface area is 102 Å². The van der Waals surface area contributed by atoms with Crippen molar-refractivity contribution in [3.8, 4) is 0 Å². The first-order chi connectivity index (χ1) is 8.20. The highest BCUT2D eigenvalue weighted by Gasteiger charge is 2.29. The monoisotopic (exact) mass is 233 g/mol. The molecule has 2 atom stereocenters. The fraction of sp³-hybridized carbons (Fsp3) is 0.538. The quantitative estimate of drug-likeness (QED) is 0.841. The lowest BCUT2D eigenvalue weighted by atomic mass is 9.96. The molecule has 0 unspecified atom stereocenters. The van der Waals surface area contributed by atoms with Gasteiger partial charge in [0.25, 0.3) is 0 Å². The number of carbonyl (C=O) groups is 1. The second kappa shape index (κ2) is 5.27. The van der Waals surface area contributed by atoms with Gasteiger partial charge in [-0.25, -0.2) is 0 Å². The molecule has 1 amide bonds. The molecule has 0 radical (unpaired) electrons. The third-order valence-corrected chi connectivity index (χ3v) is 3.24. The molecule has 2 rings (SSSR count). The number of rotatable bonds is 2. The Bertz CT molecular complexity index is 378. The van der Waals surface area contributed by atoms with Crippen LogP contribution in [-0.4, -0.2) is 28.4 Å². The zero-order valence-corrected chi connectivity index (χ0v) is 10.2. The van der Waals surface area contributed by atoms with Crippen LogP contribution in [-0.2, 0) is 4.79 Å². The summed E-state index contributed by atoms with van der Waals surface area (Å²) < 4.78 is 0. The zero-order valence-electron chi connectivity index (χ0n) is 10.2. The lowest BCUT2D eigenvalue weighted by molar-refractivity contribution is -0.136. The molecular formula is C13H19N3O. The van der Waals surface area contributed by atoms with E-state index in [-0.39, 0.29) is 11.9 Å². The van der Waals surface area contributed by atoms with Gasteiger partial charge in [-0.05, 0) is 37.8 Å². The highest BCUT2D eigenvalue weighted by Crippen LogP contribution is 2.30. The number of hydrogen-bond donors (Lipinski definition) is 1. The summed E-state index contributed by atoms with van der Waals surface area (Å²) in [5, 5.41) is 0. The van der Waals surface area contributed by atoms with Crippen molar-refractivity contribution in [1.82, 2.24) is 9.88 Å². The van der Waals surface area contributed by atoms with Gasteiger partial charge in [-0.1, -0.05) is 6.07 Å². The summed E-state index contributed by atoms with van der Waals surface area (Å²) in [6.07, 6.45) is 6.82. The molecule has 0 bridgehead atoms. The molecule has 2 heterocycles. The first-order valence-electron chi connectivity index (χ1n) is 6.16. The standard InChI is InChI=1S/C13H19N3O/c1-10(14)13(17)16-8-3-2-6-12(16)11-5-4-7-15-9-11/h4-5,7,9-10,12H,2-3,6,8,14H2,1H3/t10-,12-/m1/s1. The van der Waals surface area contributed by atoms with Crippen LogP contribution >= 0.6 is 0 Å². The average Bonchev–Trinajstić information content (AvgIpc) is 2.39. The van der Waals surface area contributed by atoms with E-state index in [1.165, 1.54) is 0 Å². The van der Waals surface area contributed by atoms with E-state index in [2.05, 4.69) is 4.98 Å². The average molecular weight is 233 g/mol. The Morgan fingerprint density at radius 3 is 3.06 bits per heavy atom. The maximum atomic E-state index is 12.1. The third kappa shape index (κ3) is 2.64. The minimum Gasteiger partial charge on any atom is -0.334 e. The summed E-state index contributed by atoms with van der Waals surface area (Å²) >= 11 is 0. The van der Waals surface area contributed by atoms with Crippen molar-refractivity contribution in [2.24, 2.45) is 5.73 Å². The van der Waals surface area contributed by atoms with Gasteiger partial charge in [-0.3, -0.25) is 9.78 Å². The molecule has 4 nitrogen and oxygen atoms in total. The summed E-state index contributed by atoms with van der Waals surface area (Å²) in [6.45, 7) is 2.55. The topological polar surface area (TPSA) is 59.2 Å². The van der Waals surface area contributed by atoms with E-state index in [0.717, 1.165) is 31.4 Å². The fourth-order valence-electron chi connectivity index (χ4n) is 2.38. The lowest BCUT2D eigenvalue weighted by Crippen LogP contribution is -2.46. The minimum absolute atomic E-state index is 0.0403. The van der Waals surface area contributed by atoms with Crippen molar-refractivity contribution in [3.63, 3.8) is 0 Å². The molecule has 0 aromatic carbocycles. The number of pyridine rings is 1. The Kier molecular flexibility index (Phi) is 3.74. The summed E-state index contributed by atoms with van der Waals surface area (Å²) in [4.78, 5) is 18.1. The van der Waals surface area contributed by atoms with Gasteiger partial charge in [0.15, 0.2) is 0 Å². The van der Waals surface area contributed by atoms with Crippen LogP contribution in [0.25, 0.3) is 0 Å². The van der Waals surface area contributed by atoms with Crippen LogP contribution in [0.15, 0.2) is 24.5 Å². The van der Waals surface area contributed by atoms with Gasteiger partial charge in [0, 0.05) is 18.9 Å². The Hall–Kier alpha value is -1.42. The third-order valence-electron chi connectivity index (χ3n) is 3.24. The Balaban J connectivity index is 2.21. The van der Waals surface area contributed by atoms with Crippen LogP contribution in [0.4, 0.5) is 0 Å². The van der Waals surface area contributed by atoms with Crippen molar-refractivity contribution in [1.29, 1.82) is 0 Å². The summed E-state index contributed by atoms with van der Waals surface area (Å²) in [5.74, 6) is 0.0403. The van der Waals surface area contributed by atoms with Crippen molar-refractivity contribution in [2.75, 3.05) is 6.54 Å². The van der Waals surface area contributed by atoms with E-state index in [1.807, 2.05) is 23.2 Å². The number of aromatic nitrogens is 1. The van der Waals surface area contributed by atoms with Gasteiger partial charge in [0.05, 0.1) is 12.1 Å². The van der Waals surface area contributed by atoms with Crippen LogP contribution in [0.5, 0.6) is 0 Å². The highest BCUT2D eigenvalue weighted by molar-refractivity contribution is 5.81. The number of carbonyl (C=O) groups excluding carboxylic acids is 1. The largest absolute Gasteiger partial charge is 0.334 e. The lowest BCUT2D eigenvalue weighted by Gasteiger charge is -2.36. The molecule has 92 valence electrons. The zero-order chi connectivity index (χ0) is 12.3. The SMILES string of the molecule is C[C@@H](N)C(=O)N1CCCC[C@@H]1c1cccnc1. The molecule has 2 N–H and O–H groups in total. The number of nitrogens with two attached hydrogens (primary N) is 1. The van der Waals surface area contributed by atoms with E-state index < -0.39 is 6.04 Å². The van der Waals surface area contributed by atoms with E-state index in [4.69, 9.17) is 5.73 Å². The van der Waals surface area contributed by atoms with Crippen LogP contribution < -0.4 is 5.73 Å². The van der Waals surface area contributed by atoms with Crippen molar-refractivity contribution >= 4 is 5.91 Å². The molecule has 1 aliphatic rings. The molecule has 4 heteroatoms. The Morgan fingerprint density at radius 2 is 2.41 bits per heavy atom. The van der Waals surface area contributed by atoms with Gasteiger partial charge >= 0.3 is 0 Å². The molecule has 0 saturated carbocycles. The Morgan fingerprint density at radius 1 is 1.59 bits per heavy atom. The molecule has 1 saturated heterocycles. The maximum Gasteiger partial charge on any atom is 0.239 e. The number of piperidine rings is 1. The first kappa shape index (κ1) is 12.0. The number of likely N-dealkylation sites (tertiary alicyclic amines) is 1. The van der Waals surface area contributed by atoms with Crippen LogP contribution in [0, 0.1) is 0 Å². The van der Waals surface area contributed by atoms with Gasteiger partial charge in [-0.15, -0.1) is 0 Å². The minimum atomic E-state index is -0.424. The highest BCUT2D eigenvalue weighted by atomic mass is 16.2. The van der Waals surface area contributed by atoms with Crippen molar-refractivity contribution < 1.29 is 4.79 Å². The van der Waals surface area contributed by atoms with Gasteiger partial charge in [0.2, 0.25) is 5.91 Å². The maximum absolute atomic E-state index is 12.1. The summed E-state index contributed by atoms with van der Waals surface area (Å²) in [5.41, 5.74) is 6.81. The molecule has 0 aliphatic carbocycles. The van der Waals surface area contributed by atoms with Crippen LogP contribution in [0.1, 0.15) is 37.8 Å². The molecule has 1 aromatic rings. The smallest absolute Gasteiger partial charge is 0.239 e. The van der Waals surface area contributed by atoms with E-state index >= 15 is 0 Å². The number of hydrogen-bond acceptors (Lipinski definition) is 3. The second-order valence-corrected chi connectivity index (χ2v) is 4.62. The van der Waals surface area contributed by atoms with Crippen LogP contribution in [0.2, 0.25) is 0 Å². The number of nitrogens with zero attached hydrogens (tertiary/aromatic N) is 2. The molecular weight excluding hydrogens is 214 g/mol. The summed E-state index contributed by atoms with van der Waals surface area (Å²) in [7, 11) is 0. The predicted octanol–water partition coefficient (Wildman–Crippen LogP) is 1.48. The van der Waals surface area contributed by atoms with Gasteiger partial charge in [-0.2, -0.15) is 0 Å². The first-order valence-corrected chi connectivity index (χ1v) is 6.16. The van der Waals surface area contributed by atoms with Gasteiger partial charge in [0.1, 0.15) is 0 Å². The van der Waals surface area contributed by atoms with E-state index in [0.29, 0.717) is 0 Å². The predicted molar refractivity (Wildman–Crippen MR) is 66.2 cm³/mol. The van der Waals surface area contributed by atoms with Gasteiger partial charge < -0.3 is 10.6 Å².